The second kappa shape index (κ2) is 5.28. The molecule has 2 aliphatic heterocycles. The Morgan fingerprint density at radius 2 is 1.90 bits per heavy atom. The first-order chi connectivity index (χ1) is 9.58. The molecule has 2 heterocycles. The summed E-state index contributed by atoms with van der Waals surface area (Å²) < 4.78 is 0.932. The predicted molar refractivity (Wildman–Crippen MR) is 84.4 cm³/mol. The van der Waals surface area contributed by atoms with Gasteiger partial charge in [0.05, 0.1) is 28.0 Å². The van der Waals surface area contributed by atoms with Gasteiger partial charge in [-0.2, -0.15) is 0 Å². The summed E-state index contributed by atoms with van der Waals surface area (Å²) >= 11 is 15.9. The van der Waals surface area contributed by atoms with E-state index in [1.165, 1.54) is 0 Å². The van der Waals surface area contributed by atoms with Crippen LogP contribution >= 0.6 is 39.1 Å². The van der Waals surface area contributed by atoms with Crippen LogP contribution in [0.4, 0.5) is 0 Å². The molecule has 6 heteroatoms. The van der Waals surface area contributed by atoms with E-state index in [2.05, 4.69) is 21.2 Å². The number of benzene rings is 1. The lowest BCUT2D eigenvalue weighted by Crippen LogP contribution is -2.41. The van der Waals surface area contributed by atoms with Crippen LogP contribution in [0.3, 0.4) is 0 Å². The Labute approximate surface area is 134 Å². The van der Waals surface area contributed by atoms with E-state index in [9.17, 15) is 4.79 Å². The summed E-state index contributed by atoms with van der Waals surface area (Å²) in [6.07, 6.45) is 5.66. The average Bonchev–Trinajstić information content (AvgIpc) is 2.41. The third kappa shape index (κ3) is 2.28. The molecule has 0 aliphatic carbocycles. The van der Waals surface area contributed by atoms with Gasteiger partial charge in [-0.1, -0.05) is 29.3 Å². The van der Waals surface area contributed by atoms with E-state index in [0.717, 1.165) is 10.2 Å². The molecule has 1 amide bonds. The summed E-state index contributed by atoms with van der Waals surface area (Å²) in [6.45, 7) is 0.416. The van der Waals surface area contributed by atoms with Crippen molar-refractivity contribution in [3.63, 3.8) is 0 Å². The van der Waals surface area contributed by atoms with Gasteiger partial charge in [-0.05, 0) is 40.2 Å². The molecule has 2 aliphatic rings. The molecular formula is C14H9BrCl2N2O. The van der Waals surface area contributed by atoms with Crippen molar-refractivity contribution < 1.29 is 4.79 Å². The topological polar surface area (TPSA) is 32.3 Å². The minimum absolute atomic E-state index is 0.178. The van der Waals surface area contributed by atoms with E-state index >= 15 is 0 Å². The molecule has 0 saturated carbocycles. The number of hydrogen-bond acceptors (Lipinski definition) is 2. The van der Waals surface area contributed by atoms with E-state index in [1.54, 1.807) is 18.2 Å². The molecular weight excluding hydrogens is 363 g/mol. The zero-order chi connectivity index (χ0) is 14.3. The van der Waals surface area contributed by atoms with Crippen molar-refractivity contribution in [2.24, 2.45) is 0 Å². The Morgan fingerprint density at radius 3 is 2.60 bits per heavy atom. The first-order valence-corrected chi connectivity index (χ1v) is 7.41. The molecule has 1 aromatic rings. The minimum atomic E-state index is -0.178. The number of carbonyl (C=O) groups excluding carboxylic acids is 1. The molecule has 20 heavy (non-hydrogen) atoms. The second-order valence-corrected chi connectivity index (χ2v) is 6.07. The highest BCUT2D eigenvalue weighted by Gasteiger charge is 2.28. The van der Waals surface area contributed by atoms with Crippen molar-refractivity contribution in [1.82, 2.24) is 10.2 Å². The van der Waals surface area contributed by atoms with Gasteiger partial charge >= 0.3 is 0 Å². The maximum absolute atomic E-state index is 12.3. The number of nitrogens with one attached hydrogen (secondary N) is 1. The fraction of sp³-hybridized carbons (Fsp3) is 0.0714. The van der Waals surface area contributed by atoms with Crippen molar-refractivity contribution in [2.75, 3.05) is 6.67 Å². The molecule has 0 saturated heterocycles. The lowest BCUT2D eigenvalue weighted by Gasteiger charge is -2.32. The van der Waals surface area contributed by atoms with Gasteiger partial charge in [-0.3, -0.25) is 4.79 Å². The first kappa shape index (κ1) is 13.7. The molecule has 0 fully saturated rings. The summed E-state index contributed by atoms with van der Waals surface area (Å²) in [7, 11) is 0. The van der Waals surface area contributed by atoms with Crippen LogP contribution in [0.5, 0.6) is 0 Å². The SMILES string of the molecule is O=C1NCN2C=C(Br)C=CC2=C1c1c(Cl)cccc1Cl. The maximum Gasteiger partial charge on any atom is 0.255 e. The quantitative estimate of drug-likeness (QED) is 0.811. The smallest absolute Gasteiger partial charge is 0.255 e. The van der Waals surface area contributed by atoms with E-state index < -0.39 is 0 Å². The number of nitrogens with zero attached hydrogens (tertiary/aromatic N) is 1. The van der Waals surface area contributed by atoms with Gasteiger partial charge in [0.15, 0.2) is 0 Å². The highest BCUT2D eigenvalue weighted by molar-refractivity contribution is 9.11. The number of halogens is 3. The van der Waals surface area contributed by atoms with Crippen LogP contribution in [0.1, 0.15) is 5.56 Å². The zero-order valence-electron chi connectivity index (χ0n) is 10.2. The molecule has 3 rings (SSSR count). The third-order valence-electron chi connectivity index (χ3n) is 3.09. The third-order valence-corrected chi connectivity index (χ3v) is 4.19. The van der Waals surface area contributed by atoms with Crippen LogP contribution in [0.2, 0.25) is 10.0 Å². The highest BCUT2D eigenvalue weighted by Crippen LogP contribution is 2.37. The number of hydrogen-bond donors (Lipinski definition) is 1. The molecule has 0 unspecified atom stereocenters. The Morgan fingerprint density at radius 1 is 1.20 bits per heavy atom. The number of fused-ring (bicyclic) bond motifs is 1. The van der Waals surface area contributed by atoms with Gasteiger partial charge in [0, 0.05) is 16.2 Å². The van der Waals surface area contributed by atoms with Gasteiger partial charge < -0.3 is 10.2 Å². The van der Waals surface area contributed by atoms with Gasteiger partial charge in [-0.25, -0.2) is 0 Å². The van der Waals surface area contributed by atoms with Gasteiger partial charge in [-0.15, -0.1) is 0 Å². The molecule has 1 N–H and O–H groups in total. The molecule has 0 atom stereocenters. The zero-order valence-corrected chi connectivity index (χ0v) is 13.3. The van der Waals surface area contributed by atoms with E-state index in [4.69, 9.17) is 23.2 Å². The minimum Gasteiger partial charge on any atom is -0.334 e. The van der Waals surface area contributed by atoms with Crippen LogP contribution in [0.15, 0.2) is 46.7 Å². The van der Waals surface area contributed by atoms with Crippen LogP contribution in [0, 0.1) is 0 Å². The van der Waals surface area contributed by atoms with Gasteiger partial charge in [0.25, 0.3) is 5.91 Å². The molecule has 1 aromatic carbocycles. The Hall–Kier alpha value is -1.23. The number of amides is 1. The average molecular weight is 372 g/mol. The predicted octanol–water partition coefficient (Wildman–Crippen LogP) is 3.90. The largest absolute Gasteiger partial charge is 0.334 e. The maximum atomic E-state index is 12.3. The standard InChI is InChI=1S/C14H9BrCl2N2O/c15-8-4-5-11-13(14(20)18-7-19(11)6-8)12-9(16)2-1-3-10(12)17/h1-6H,7H2,(H,18,20). The summed E-state index contributed by atoms with van der Waals surface area (Å²) in [4.78, 5) is 14.2. The van der Waals surface area contributed by atoms with E-state index in [1.807, 2.05) is 23.3 Å². The number of allylic oxidation sites excluding steroid dienone is 3. The normalized spacial score (nSPS) is 17.9. The number of carbonyl (C=O) groups is 1. The van der Waals surface area contributed by atoms with Crippen molar-refractivity contribution >= 4 is 50.6 Å². The van der Waals surface area contributed by atoms with Crippen molar-refractivity contribution in [2.45, 2.75) is 0 Å². The molecule has 3 nitrogen and oxygen atoms in total. The highest BCUT2D eigenvalue weighted by atomic mass is 79.9. The van der Waals surface area contributed by atoms with Gasteiger partial charge in [0.1, 0.15) is 0 Å². The Balaban J connectivity index is 2.24. The fourth-order valence-electron chi connectivity index (χ4n) is 2.21. The Bertz CT molecular complexity index is 674. The van der Waals surface area contributed by atoms with E-state index in [0.29, 0.717) is 27.9 Å². The second-order valence-electron chi connectivity index (χ2n) is 4.34. The van der Waals surface area contributed by atoms with Crippen molar-refractivity contribution in [3.05, 3.63) is 62.3 Å². The van der Waals surface area contributed by atoms with Crippen LogP contribution in [-0.4, -0.2) is 17.5 Å². The molecule has 0 bridgehead atoms. The number of rotatable bonds is 1. The molecule has 0 radical (unpaired) electrons. The Kier molecular flexibility index (Phi) is 3.63. The molecule has 102 valence electrons. The van der Waals surface area contributed by atoms with Crippen LogP contribution < -0.4 is 5.32 Å². The van der Waals surface area contributed by atoms with Crippen molar-refractivity contribution in [3.8, 4) is 0 Å². The van der Waals surface area contributed by atoms with Gasteiger partial charge in [0.2, 0.25) is 0 Å². The van der Waals surface area contributed by atoms with E-state index in [-0.39, 0.29) is 5.91 Å². The lowest BCUT2D eigenvalue weighted by atomic mass is 9.99. The monoisotopic (exact) mass is 370 g/mol. The molecule has 0 spiro atoms. The molecule has 0 aromatic heterocycles. The first-order valence-electron chi connectivity index (χ1n) is 5.87. The summed E-state index contributed by atoms with van der Waals surface area (Å²) in [5.74, 6) is -0.178. The lowest BCUT2D eigenvalue weighted by molar-refractivity contribution is -0.116. The summed E-state index contributed by atoms with van der Waals surface area (Å²) in [5, 5.41) is 3.73. The van der Waals surface area contributed by atoms with Crippen molar-refractivity contribution in [1.29, 1.82) is 0 Å². The van der Waals surface area contributed by atoms with Crippen LogP contribution in [-0.2, 0) is 4.79 Å². The fourth-order valence-corrected chi connectivity index (χ4v) is 3.18. The van der Waals surface area contributed by atoms with Crippen LogP contribution in [0.25, 0.3) is 5.57 Å². The summed E-state index contributed by atoms with van der Waals surface area (Å²) in [6, 6.07) is 5.20. The summed E-state index contributed by atoms with van der Waals surface area (Å²) in [5.41, 5.74) is 1.83.